The minimum atomic E-state index is -4.47. The molecule has 1 aromatic carbocycles. The Morgan fingerprint density at radius 3 is 2.57 bits per heavy atom. The predicted molar refractivity (Wildman–Crippen MR) is 76.3 cm³/mol. The monoisotopic (exact) mass is 358 g/mol. The van der Waals surface area contributed by atoms with Crippen LogP contribution >= 0.6 is 15.9 Å². The highest BCUT2D eigenvalue weighted by Gasteiger charge is 2.30. The molecule has 0 radical (unpaired) electrons. The fourth-order valence-corrected chi connectivity index (χ4v) is 1.97. The standard InChI is InChI=1S/C14H10BrF3N2O/c15-7-9-2-1-3-11(6-9)20-13(21)12-5-4-10(8-19-12)14(16,17)18/h1-6,8H,7H2,(H,20,21). The number of carbonyl (C=O) groups is 1. The molecule has 0 bridgehead atoms. The number of rotatable bonds is 3. The van der Waals surface area contributed by atoms with Gasteiger partial charge in [-0.3, -0.25) is 9.78 Å². The van der Waals surface area contributed by atoms with Crippen LogP contribution in [0.4, 0.5) is 18.9 Å². The van der Waals surface area contributed by atoms with Gasteiger partial charge in [-0.05, 0) is 29.8 Å². The van der Waals surface area contributed by atoms with Crippen LogP contribution in [0.15, 0.2) is 42.6 Å². The summed E-state index contributed by atoms with van der Waals surface area (Å²) in [6, 6.07) is 8.97. The Balaban J connectivity index is 2.13. The lowest BCUT2D eigenvalue weighted by Crippen LogP contribution is -2.15. The minimum Gasteiger partial charge on any atom is -0.321 e. The molecule has 110 valence electrons. The Bertz CT molecular complexity index is 641. The molecule has 21 heavy (non-hydrogen) atoms. The van der Waals surface area contributed by atoms with Crippen LogP contribution in [0.3, 0.4) is 0 Å². The predicted octanol–water partition coefficient (Wildman–Crippen LogP) is 4.25. The number of pyridine rings is 1. The molecule has 1 N–H and O–H groups in total. The van der Waals surface area contributed by atoms with E-state index in [0.29, 0.717) is 17.2 Å². The summed E-state index contributed by atoms with van der Waals surface area (Å²) < 4.78 is 37.2. The zero-order valence-corrected chi connectivity index (χ0v) is 12.2. The van der Waals surface area contributed by atoms with E-state index in [9.17, 15) is 18.0 Å². The van der Waals surface area contributed by atoms with Crippen molar-refractivity contribution < 1.29 is 18.0 Å². The van der Waals surface area contributed by atoms with Crippen LogP contribution in [0.2, 0.25) is 0 Å². The molecular formula is C14H10BrF3N2O. The van der Waals surface area contributed by atoms with Gasteiger partial charge in [0.2, 0.25) is 0 Å². The number of halogens is 4. The molecule has 0 saturated heterocycles. The number of alkyl halides is 4. The highest BCUT2D eigenvalue weighted by Crippen LogP contribution is 2.28. The van der Waals surface area contributed by atoms with Crippen LogP contribution in [0, 0.1) is 0 Å². The molecule has 0 spiro atoms. The van der Waals surface area contributed by atoms with Crippen molar-refractivity contribution in [2.75, 3.05) is 5.32 Å². The molecule has 0 aliphatic heterocycles. The fourth-order valence-electron chi connectivity index (χ4n) is 1.62. The lowest BCUT2D eigenvalue weighted by atomic mass is 10.2. The van der Waals surface area contributed by atoms with Crippen LogP contribution in [0.1, 0.15) is 21.6 Å². The van der Waals surface area contributed by atoms with Crippen LogP contribution in [0.5, 0.6) is 0 Å². The van der Waals surface area contributed by atoms with E-state index >= 15 is 0 Å². The third kappa shape index (κ3) is 4.04. The normalized spacial score (nSPS) is 11.2. The van der Waals surface area contributed by atoms with E-state index in [1.165, 1.54) is 0 Å². The van der Waals surface area contributed by atoms with Crippen LogP contribution in [0.25, 0.3) is 0 Å². The van der Waals surface area contributed by atoms with E-state index in [4.69, 9.17) is 0 Å². The lowest BCUT2D eigenvalue weighted by Gasteiger charge is -2.08. The van der Waals surface area contributed by atoms with Gasteiger partial charge >= 0.3 is 6.18 Å². The first-order valence-electron chi connectivity index (χ1n) is 5.89. The Labute approximate surface area is 127 Å². The molecule has 2 aromatic rings. The molecule has 1 heterocycles. The smallest absolute Gasteiger partial charge is 0.321 e. The number of aromatic nitrogens is 1. The fraction of sp³-hybridized carbons (Fsp3) is 0.143. The van der Waals surface area contributed by atoms with E-state index < -0.39 is 17.6 Å². The number of amides is 1. The van der Waals surface area contributed by atoms with Gasteiger partial charge in [-0.2, -0.15) is 13.2 Å². The molecule has 1 aromatic heterocycles. The Hall–Kier alpha value is -1.89. The van der Waals surface area contributed by atoms with Gasteiger partial charge in [0.05, 0.1) is 5.56 Å². The largest absolute Gasteiger partial charge is 0.417 e. The molecule has 0 atom stereocenters. The first-order valence-corrected chi connectivity index (χ1v) is 7.02. The van der Waals surface area contributed by atoms with E-state index in [0.717, 1.165) is 17.7 Å². The average Bonchev–Trinajstić information content (AvgIpc) is 2.46. The SMILES string of the molecule is O=C(Nc1cccc(CBr)c1)c1ccc(C(F)(F)F)cn1. The number of nitrogens with one attached hydrogen (secondary N) is 1. The van der Waals surface area contributed by atoms with Crippen molar-refractivity contribution in [2.24, 2.45) is 0 Å². The molecule has 2 rings (SSSR count). The van der Waals surface area contributed by atoms with Crippen LogP contribution in [-0.4, -0.2) is 10.9 Å². The third-order valence-electron chi connectivity index (χ3n) is 2.66. The first kappa shape index (κ1) is 15.5. The first-order chi connectivity index (χ1) is 9.90. The molecule has 0 unspecified atom stereocenters. The van der Waals surface area contributed by atoms with Crippen LogP contribution in [-0.2, 0) is 11.5 Å². The van der Waals surface area contributed by atoms with Crippen molar-refractivity contribution in [3.05, 3.63) is 59.4 Å². The lowest BCUT2D eigenvalue weighted by molar-refractivity contribution is -0.137. The Morgan fingerprint density at radius 2 is 2.00 bits per heavy atom. The molecule has 3 nitrogen and oxygen atoms in total. The van der Waals surface area contributed by atoms with E-state index in [2.05, 4.69) is 26.2 Å². The molecule has 0 saturated carbocycles. The van der Waals surface area contributed by atoms with E-state index in [1.54, 1.807) is 18.2 Å². The molecular weight excluding hydrogens is 349 g/mol. The summed E-state index contributed by atoms with van der Waals surface area (Å²) in [5.74, 6) is -0.560. The number of anilines is 1. The maximum Gasteiger partial charge on any atom is 0.417 e. The van der Waals surface area contributed by atoms with Crippen molar-refractivity contribution in [2.45, 2.75) is 11.5 Å². The van der Waals surface area contributed by atoms with Crippen molar-refractivity contribution in [3.8, 4) is 0 Å². The topological polar surface area (TPSA) is 42.0 Å². The molecule has 1 amide bonds. The van der Waals surface area contributed by atoms with Gasteiger partial charge in [-0.25, -0.2) is 0 Å². The molecule has 0 aliphatic rings. The Kier molecular flexibility index (Phi) is 4.62. The van der Waals surface area contributed by atoms with Gasteiger partial charge in [0.25, 0.3) is 5.91 Å². The van der Waals surface area contributed by atoms with E-state index in [1.807, 2.05) is 6.07 Å². The summed E-state index contributed by atoms with van der Waals surface area (Å²) in [5, 5.41) is 3.22. The van der Waals surface area contributed by atoms with Crippen LogP contribution < -0.4 is 5.32 Å². The van der Waals surface area contributed by atoms with Crippen molar-refractivity contribution in [3.63, 3.8) is 0 Å². The average molecular weight is 359 g/mol. The second kappa shape index (κ2) is 6.26. The number of nitrogens with zero attached hydrogens (tertiary/aromatic N) is 1. The highest BCUT2D eigenvalue weighted by atomic mass is 79.9. The van der Waals surface area contributed by atoms with Crippen molar-refractivity contribution in [1.29, 1.82) is 0 Å². The summed E-state index contributed by atoms with van der Waals surface area (Å²) >= 11 is 3.30. The molecule has 0 fully saturated rings. The summed E-state index contributed by atoms with van der Waals surface area (Å²) in [6.07, 6.45) is -3.82. The third-order valence-corrected chi connectivity index (χ3v) is 3.31. The maximum absolute atomic E-state index is 12.4. The highest BCUT2D eigenvalue weighted by molar-refractivity contribution is 9.08. The van der Waals surface area contributed by atoms with Gasteiger partial charge < -0.3 is 5.32 Å². The molecule has 0 aliphatic carbocycles. The maximum atomic E-state index is 12.4. The number of hydrogen-bond donors (Lipinski definition) is 1. The number of carbonyl (C=O) groups excluding carboxylic acids is 1. The summed E-state index contributed by atoms with van der Waals surface area (Å²) in [7, 11) is 0. The number of benzene rings is 1. The van der Waals surface area contributed by atoms with Gasteiger partial charge in [0, 0.05) is 17.2 Å². The second-order valence-electron chi connectivity index (χ2n) is 4.22. The number of hydrogen-bond acceptors (Lipinski definition) is 2. The second-order valence-corrected chi connectivity index (χ2v) is 4.78. The summed E-state index contributed by atoms with van der Waals surface area (Å²) in [4.78, 5) is 15.5. The van der Waals surface area contributed by atoms with Crippen molar-refractivity contribution in [1.82, 2.24) is 4.98 Å². The zero-order chi connectivity index (χ0) is 15.5. The zero-order valence-electron chi connectivity index (χ0n) is 10.6. The van der Waals surface area contributed by atoms with Gasteiger partial charge in [-0.15, -0.1) is 0 Å². The van der Waals surface area contributed by atoms with Crippen molar-refractivity contribution >= 4 is 27.5 Å². The van der Waals surface area contributed by atoms with Gasteiger partial charge in [-0.1, -0.05) is 28.1 Å². The Morgan fingerprint density at radius 1 is 1.24 bits per heavy atom. The minimum absolute atomic E-state index is 0.0766. The van der Waals surface area contributed by atoms with Gasteiger partial charge in [0.1, 0.15) is 5.69 Å². The summed E-state index contributed by atoms with van der Waals surface area (Å²) in [5.41, 5.74) is 0.555. The van der Waals surface area contributed by atoms with Gasteiger partial charge in [0.15, 0.2) is 0 Å². The summed E-state index contributed by atoms with van der Waals surface area (Å²) in [6.45, 7) is 0. The molecule has 7 heteroatoms. The quantitative estimate of drug-likeness (QED) is 0.833. The van der Waals surface area contributed by atoms with E-state index in [-0.39, 0.29) is 5.69 Å².